The number of nitrogens with zero attached hydrogens (tertiary/aromatic N) is 7. The molecule has 27 heteroatoms. The van der Waals surface area contributed by atoms with Gasteiger partial charge < -0.3 is 34.4 Å². The number of fused-ring (bicyclic) bond motifs is 5. The number of pyridine rings is 5. The third kappa shape index (κ3) is 31.5. The van der Waals surface area contributed by atoms with Crippen LogP contribution in [0.4, 0.5) is 22.0 Å². The van der Waals surface area contributed by atoms with Gasteiger partial charge in [-0.05, 0) is 369 Å². The van der Waals surface area contributed by atoms with Gasteiger partial charge in [0.05, 0.1) is 68.2 Å². The van der Waals surface area contributed by atoms with Gasteiger partial charge in [-0.1, -0.05) is 134 Å². The van der Waals surface area contributed by atoms with Gasteiger partial charge in [-0.25, -0.2) is 24.9 Å². The first-order chi connectivity index (χ1) is 62.3. The van der Waals surface area contributed by atoms with Gasteiger partial charge in [0.1, 0.15) is 17.3 Å². The number of aliphatic hydroxyl groups excluding tert-OH is 1. The van der Waals surface area contributed by atoms with Crippen LogP contribution in [-0.2, 0) is 65.1 Å². The number of aryl methyl sites for hydroxylation is 5. The van der Waals surface area contributed by atoms with Crippen molar-refractivity contribution in [3.05, 3.63) is 172 Å². The number of amides is 1. The summed E-state index contributed by atoms with van der Waals surface area (Å²) in [7, 11) is 1.24. The molecule has 5 fully saturated rings. The first-order valence-electron chi connectivity index (χ1n) is 49.8. The van der Waals surface area contributed by atoms with E-state index < -0.39 is 18.0 Å². The highest BCUT2D eigenvalue weighted by molar-refractivity contribution is 9.09. The van der Waals surface area contributed by atoms with E-state index in [2.05, 4.69) is 164 Å². The molecule has 134 heavy (non-hydrogen) atoms. The molecule has 5 saturated heterocycles. The van der Waals surface area contributed by atoms with E-state index in [1.165, 1.54) is 54.7 Å². The predicted molar refractivity (Wildman–Crippen MR) is 534 cm³/mol. The second-order valence-corrected chi connectivity index (χ2v) is 46.2. The van der Waals surface area contributed by atoms with Gasteiger partial charge in [-0.3, -0.25) is 29.0 Å². The van der Waals surface area contributed by atoms with Crippen molar-refractivity contribution in [2.24, 2.45) is 44.8 Å². The van der Waals surface area contributed by atoms with Crippen molar-refractivity contribution < 1.29 is 64.9 Å². The lowest BCUT2D eigenvalue weighted by molar-refractivity contribution is -0.136. The molecule has 5 aliphatic carbocycles. The van der Waals surface area contributed by atoms with E-state index in [9.17, 15) is 46.2 Å². The Bertz CT molecular complexity index is 4590. The number of carbonyl (C=O) groups excluding carboxylic acids is 4. The molecular formula is C107H161B2BrClF5N9O9. The van der Waals surface area contributed by atoms with E-state index in [1.807, 2.05) is 78.8 Å². The first kappa shape index (κ1) is 113. The van der Waals surface area contributed by atoms with Crippen LogP contribution in [0, 0.1) is 74.6 Å². The van der Waals surface area contributed by atoms with Crippen LogP contribution < -0.4 is 10.6 Å². The minimum Gasteiger partial charge on any atom is -0.405 e. The summed E-state index contributed by atoms with van der Waals surface area (Å²) < 4.78 is 88.6. The number of aromatic nitrogens is 5. The van der Waals surface area contributed by atoms with E-state index in [0.29, 0.717) is 66.4 Å². The molecule has 10 aliphatic rings. The summed E-state index contributed by atoms with van der Waals surface area (Å²) in [6.07, 6.45) is 32.4. The second-order valence-electron chi connectivity index (χ2n) is 45.1. The number of ketones is 3. The minimum atomic E-state index is -0.566. The van der Waals surface area contributed by atoms with Gasteiger partial charge in [0.25, 0.3) is 0 Å². The van der Waals surface area contributed by atoms with Crippen molar-refractivity contribution >= 4 is 66.4 Å². The van der Waals surface area contributed by atoms with Crippen LogP contribution in [0.15, 0.2) is 86.0 Å². The molecule has 0 bridgehead atoms. The number of Topliss-reactive ketones (excluding diaryl/α,β-unsaturated/α-hetero) is 3. The number of unbranched alkanes of at least 4 members (excludes halogenated alkanes) is 1. The van der Waals surface area contributed by atoms with Gasteiger partial charge in [0.2, 0.25) is 35.6 Å². The number of allylic oxidation sites excluding steroid dienone is 2. The maximum Gasteiger partial charge on any atom is 0.488 e. The number of alkyl halides is 1. The normalized spacial score (nSPS) is 22.8. The molecule has 0 saturated carbocycles. The second kappa shape index (κ2) is 49.4. The Morgan fingerprint density at radius 2 is 0.866 bits per heavy atom. The van der Waals surface area contributed by atoms with Crippen LogP contribution >= 0.6 is 28.3 Å². The topological polar surface area (TPSA) is 220 Å². The lowest BCUT2D eigenvalue weighted by Crippen LogP contribution is -2.52. The van der Waals surface area contributed by atoms with Crippen molar-refractivity contribution in [2.45, 2.75) is 388 Å². The molecule has 15 rings (SSSR count). The number of nitrogens with one attached hydrogen (secondary N) is 2. The molecular weight excluding hydrogens is 1790 g/mol. The molecule has 1 radical (unpaired) electrons. The highest BCUT2D eigenvalue weighted by atomic mass is 79.9. The van der Waals surface area contributed by atoms with Crippen LogP contribution in [0.25, 0.3) is 0 Å². The average molecular weight is 1950 g/mol. The number of aliphatic hydroxyl groups is 1. The summed E-state index contributed by atoms with van der Waals surface area (Å²) in [4.78, 5) is 76.1. The number of likely N-dealkylation sites (tertiary alicyclic amines) is 2. The molecule has 3 N–H and O–H groups in total. The van der Waals surface area contributed by atoms with E-state index in [4.69, 9.17) is 18.6 Å². The van der Waals surface area contributed by atoms with E-state index in [0.717, 1.165) is 241 Å². The highest BCUT2D eigenvalue weighted by Gasteiger charge is 2.52. The minimum absolute atomic E-state index is 0. The Kier molecular flexibility index (Phi) is 41.7. The van der Waals surface area contributed by atoms with E-state index in [-0.39, 0.29) is 121 Å². The summed E-state index contributed by atoms with van der Waals surface area (Å²) in [6.45, 7) is 55.6. The van der Waals surface area contributed by atoms with Crippen molar-refractivity contribution in [3.8, 4) is 0 Å². The molecule has 5 aromatic rings. The Labute approximate surface area is 816 Å². The van der Waals surface area contributed by atoms with Crippen molar-refractivity contribution in [1.29, 1.82) is 0 Å². The Morgan fingerprint density at radius 1 is 0.493 bits per heavy atom. The SMILES string of the molecule is C=CCCC(C)(C(=O)CC(C)(C)C)C1CCN(C2CCCc3ccc(F)nc32)CC1.C=CCCC(C)(C(=O)NC(C)(C)C)C1CCNCC1.CC(C)(C)CC(=O)C(C)(CCCCB1OC(C)(C)C(C)(C)O1)C1CCN(C2CCCc3ccc(F)nc32)CC1.CC1(C)O[B]OC1(C)C.Cl.Fc1ccc2c(n1)C(Br)CCC2.O=C1CCCc2ccc(F)nc21.OC1CCCc2ccc(F)nc21. The fourth-order valence-electron chi connectivity index (χ4n) is 20.4. The summed E-state index contributed by atoms with van der Waals surface area (Å²) in [6, 6.07) is 16.5. The number of piperidine rings is 3. The zero-order valence-electron chi connectivity index (χ0n) is 84.7. The Morgan fingerprint density at radius 3 is 1.29 bits per heavy atom. The fraction of sp³-hybridized carbons (Fsp3) is 0.692. The summed E-state index contributed by atoms with van der Waals surface area (Å²) in [5.41, 5.74) is 7.02. The monoisotopic (exact) mass is 1950 g/mol. The Hall–Kier alpha value is -6.06. The maximum atomic E-state index is 14.0. The van der Waals surface area contributed by atoms with Crippen molar-refractivity contribution in [1.82, 2.24) is 45.4 Å². The van der Waals surface area contributed by atoms with Gasteiger partial charge in [0.15, 0.2) is 5.78 Å². The number of hydrogen-bond donors (Lipinski definition) is 3. The number of carbonyl (C=O) groups is 4. The first-order valence-corrected chi connectivity index (χ1v) is 50.7. The molecule has 5 aromatic heterocycles. The smallest absolute Gasteiger partial charge is 0.405 e. The highest BCUT2D eigenvalue weighted by Crippen LogP contribution is 2.50. The lowest BCUT2D eigenvalue weighted by Gasteiger charge is -2.45. The summed E-state index contributed by atoms with van der Waals surface area (Å²) in [5, 5.41) is 16.0. The summed E-state index contributed by atoms with van der Waals surface area (Å²) in [5.74, 6) is 0.0185. The molecule has 0 aromatic carbocycles. The maximum absolute atomic E-state index is 14.0. The van der Waals surface area contributed by atoms with Crippen molar-refractivity contribution in [2.75, 3.05) is 39.3 Å². The molecule has 5 aliphatic heterocycles. The molecule has 0 spiro atoms. The molecule has 7 atom stereocenters. The number of hydrogen-bond acceptors (Lipinski definition) is 17. The largest absolute Gasteiger partial charge is 0.488 e. The van der Waals surface area contributed by atoms with Crippen molar-refractivity contribution in [3.63, 3.8) is 0 Å². The van der Waals surface area contributed by atoms with E-state index in [1.54, 1.807) is 12.1 Å². The molecule has 10 heterocycles. The zero-order chi connectivity index (χ0) is 97.9. The molecule has 18 nitrogen and oxygen atoms in total. The van der Waals surface area contributed by atoms with Crippen LogP contribution in [0.5, 0.6) is 0 Å². The van der Waals surface area contributed by atoms with Crippen LogP contribution in [0.1, 0.15) is 383 Å². The number of rotatable bonds is 21. The Balaban J connectivity index is 0.000000205. The standard InChI is InChI=1S/C32H52BFN2O3.C26H39FN2O.C16H30N2O.C9H9BrFN.C9H10FNO.C9H8FNO.C6H12BO2.ClH/c1-29(2,3)22-26(37)32(8,18-9-10-19-33-38-30(4,5)31(6,7)39-33)24-16-20-36(21-17-24)25-13-11-12-23-14-15-27(34)35-28(23)25;1-6-7-15-26(5,22(30)18-25(2,3)4)20-13-16-29(17-14-20)21-10-8-9-19-11-12-23(27)28-24(19)21;1-6-7-10-16(5,13-8-11-17-12-9-13)14(19)18-15(2,3)4;10-7-3-1-2-6-4-5-8(11)12-9(6)7;2*10-8-5-4-6-2-1-3-7(12)9(6)11-8;1-5(2)6(3,4)9-7-8-5;/h14-15,24-25H,9-13,16-22H2,1-8H3;6,11-12,20-21H,1,7-10,13-18H2,2-5H3;6,13,17H,1,7-12H2,2-5H3,(H,18,19);4-5,7H,1-3H2;4-5,7,12H,1-3H2;4-5H,1-3H2;1-4H3;1H. The molecule has 1 amide bonds. The summed E-state index contributed by atoms with van der Waals surface area (Å²) >= 11 is 3.49. The van der Waals surface area contributed by atoms with Gasteiger partial charge in [0, 0.05) is 41.0 Å². The fourth-order valence-corrected chi connectivity index (χ4v) is 21.2. The van der Waals surface area contributed by atoms with Gasteiger partial charge >= 0.3 is 14.8 Å². The molecule has 743 valence electrons. The zero-order valence-corrected chi connectivity index (χ0v) is 87.1. The predicted octanol–water partition coefficient (Wildman–Crippen LogP) is 24.6. The van der Waals surface area contributed by atoms with Crippen LogP contribution in [0.2, 0.25) is 6.32 Å². The quantitative estimate of drug-likeness (QED) is 0.0155. The van der Waals surface area contributed by atoms with Crippen LogP contribution in [-0.4, -0.2) is 145 Å². The third-order valence-corrected chi connectivity index (χ3v) is 31.0. The number of halogens is 7. The lowest BCUT2D eigenvalue weighted by atomic mass is 9.64. The molecule has 7 unspecified atom stereocenters. The van der Waals surface area contributed by atoms with Crippen LogP contribution in [0.3, 0.4) is 0 Å². The van der Waals surface area contributed by atoms with E-state index >= 15 is 0 Å². The average Bonchev–Trinajstić information content (AvgIpc) is 1.76. The van der Waals surface area contributed by atoms with Gasteiger partial charge in [-0.2, -0.15) is 22.0 Å². The van der Waals surface area contributed by atoms with Gasteiger partial charge in [-0.15, -0.1) is 25.6 Å². The third-order valence-electron chi connectivity index (χ3n) is 30.1.